The standard InChI is InChI=1S/C19H21ClN2O6S/c1-26-16-4-2-3-15(12-16)21-19(23)13-28-17-6-5-14(20)11-18(17)29(24,25)22-7-9-27-10-8-22/h2-6,11-12H,7-10,13H2,1H3,(H,21,23). The molecule has 0 radical (unpaired) electrons. The fraction of sp³-hybridized carbons (Fsp3) is 0.316. The molecule has 0 aromatic heterocycles. The first kappa shape index (κ1) is 21.4. The molecule has 2 aromatic rings. The van der Waals surface area contributed by atoms with Crippen LogP contribution in [-0.4, -0.2) is 58.7 Å². The van der Waals surface area contributed by atoms with Gasteiger partial charge in [-0.25, -0.2) is 8.42 Å². The molecule has 0 saturated carbocycles. The van der Waals surface area contributed by atoms with Crippen LogP contribution >= 0.6 is 11.6 Å². The van der Waals surface area contributed by atoms with Crippen molar-refractivity contribution in [3.8, 4) is 11.5 Å². The predicted octanol–water partition coefficient (Wildman–Crippen LogP) is 2.39. The molecule has 2 aromatic carbocycles. The van der Waals surface area contributed by atoms with Crippen molar-refractivity contribution >= 4 is 33.2 Å². The van der Waals surface area contributed by atoms with Crippen molar-refractivity contribution in [1.29, 1.82) is 0 Å². The van der Waals surface area contributed by atoms with Crippen molar-refractivity contribution in [2.45, 2.75) is 4.90 Å². The molecule has 0 spiro atoms. The average molecular weight is 441 g/mol. The lowest BCUT2D eigenvalue weighted by Crippen LogP contribution is -2.40. The zero-order valence-corrected chi connectivity index (χ0v) is 17.3. The minimum Gasteiger partial charge on any atom is -0.497 e. The molecule has 1 N–H and O–H groups in total. The number of nitrogens with zero attached hydrogens (tertiary/aromatic N) is 1. The lowest BCUT2D eigenvalue weighted by molar-refractivity contribution is -0.118. The van der Waals surface area contributed by atoms with Crippen molar-refractivity contribution < 1.29 is 27.4 Å². The fourth-order valence-corrected chi connectivity index (χ4v) is 4.57. The first-order valence-corrected chi connectivity index (χ1v) is 10.7. The minimum absolute atomic E-state index is 0.0571. The zero-order valence-electron chi connectivity index (χ0n) is 15.8. The van der Waals surface area contributed by atoms with Gasteiger partial charge in [-0.2, -0.15) is 4.31 Å². The number of amides is 1. The summed E-state index contributed by atoms with van der Waals surface area (Å²) in [4.78, 5) is 12.2. The average Bonchev–Trinajstić information content (AvgIpc) is 2.73. The summed E-state index contributed by atoms with van der Waals surface area (Å²) in [5.74, 6) is 0.213. The Morgan fingerprint density at radius 2 is 1.97 bits per heavy atom. The molecular formula is C19H21ClN2O6S. The number of nitrogens with one attached hydrogen (secondary N) is 1. The maximum absolute atomic E-state index is 13.0. The number of rotatable bonds is 7. The molecule has 0 bridgehead atoms. The summed E-state index contributed by atoms with van der Waals surface area (Å²) in [7, 11) is -2.31. The molecule has 0 aliphatic carbocycles. The fourth-order valence-electron chi connectivity index (χ4n) is 2.77. The van der Waals surface area contributed by atoms with Crippen LogP contribution in [0.25, 0.3) is 0 Å². The summed E-state index contributed by atoms with van der Waals surface area (Å²) in [5.41, 5.74) is 0.537. The van der Waals surface area contributed by atoms with Crippen molar-refractivity contribution in [1.82, 2.24) is 4.31 Å². The molecule has 8 nitrogen and oxygen atoms in total. The van der Waals surface area contributed by atoms with Gasteiger partial charge < -0.3 is 19.5 Å². The van der Waals surface area contributed by atoms with Crippen molar-refractivity contribution in [3.63, 3.8) is 0 Å². The topological polar surface area (TPSA) is 94.2 Å². The zero-order chi connectivity index (χ0) is 20.9. The van der Waals surface area contributed by atoms with E-state index in [2.05, 4.69) is 5.32 Å². The Bertz CT molecular complexity index is 976. The van der Waals surface area contributed by atoms with Crippen molar-refractivity contribution in [3.05, 3.63) is 47.5 Å². The lowest BCUT2D eigenvalue weighted by atomic mass is 10.3. The predicted molar refractivity (Wildman–Crippen MR) is 108 cm³/mol. The number of ether oxygens (including phenoxy) is 3. The van der Waals surface area contributed by atoms with Gasteiger partial charge in [0, 0.05) is 29.9 Å². The van der Waals surface area contributed by atoms with E-state index < -0.39 is 15.9 Å². The maximum atomic E-state index is 13.0. The monoisotopic (exact) mass is 440 g/mol. The van der Waals surface area contributed by atoms with E-state index in [1.165, 1.54) is 29.6 Å². The van der Waals surface area contributed by atoms with E-state index in [9.17, 15) is 13.2 Å². The van der Waals surface area contributed by atoms with E-state index in [-0.39, 0.29) is 35.4 Å². The highest BCUT2D eigenvalue weighted by atomic mass is 35.5. The number of anilines is 1. The summed E-state index contributed by atoms with van der Waals surface area (Å²) >= 11 is 6.01. The van der Waals surface area contributed by atoms with Crippen LogP contribution in [0, 0.1) is 0 Å². The van der Waals surface area contributed by atoms with E-state index in [4.69, 9.17) is 25.8 Å². The third-order valence-electron chi connectivity index (χ3n) is 4.21. The molecule has 1 heterocycles. The Labute approximate surface area is 174 Å². The molecule has 1 fully saturated rings. The Morgan fingerprint density at radius 1 is 1.21 bits per heavy atom. The maximum Gasteiger partial charge on any atom is 0.262 e. The van der Waals surface area contributed by atoms with Gasteiger partial charge in [0.15, 0.2) is 6.61 Å². The number of halogens is 1. The Hall–Kier alpha value is -2.33. The summed E-state index contributed by atoms with van der Waals surface area (Å²) in [5, 5.41) is 2.93. The quantitative estimate of drug-likeness (QED) is 0.710. The van der Waals surface area contributed by atoms with E-state index in [0.717, 1.165) is 0 Å². The van der Waals surface area contributed by atoms with Crippen LogP contribution in [-0.2, 0) is 19.6 Å². The van der Waals surface area contributed by atoms with Crippen LogP contribution in [0.2, 0.25) is 5.02 Å². The third-order valence-corrected chi connectivity index (χ3v) is 6.36. The number of benzene rings is 2. The van der Waals surface area contributed by atoms with Gasteiger partial charge in [0.25, 0.3) is 5.91 Å². The van der Waals surface area contributed by atoms with Crippen LogP contribution < -0.4 is 14.8 Å². The highest BCUT2D eigenvalue weighted by molar-refractivity contribution is 7.89. The number of carbonyl (C=O) groups excluding carboxylic acids is 1. The van der Waals surface area contributed by atoms with Crippen molar-refractivity contribution in [2.24, 2.45) is 0 Å². The van der Waals surface area contributed by atoms with Gasteiger partial charge in [-0.15, -0.1) is 0 Å². The molecule has 0 atom stereocenters. The largest absolute Gasteiger partial charge is 0.497 e. The lowest BCUT2D eigenvalue weighted by Gasteiger charge is -2.26. The molecule has 3 rings (SSSR count). The number of carbonyl (C=O) groups is 1. The molecular weight excluding hydrogens is 420 g/mol. The van der Waals surface area contributed by atoms with Gasteiger partial charge in [0.05, 0.1) is 20.3 Å². The van der Waals surface area contributed by atoms with E-state index in [0.29, 0.717) is 24.7 Å². The van der Waals surface area contributed by atoms with Crippen LogP contribution in [0.3, 0.4) is 0 Å². The summed E-state index contributed by atoms with van der Waals surface area (Å²) in [6.45, 7) is 0.748. The molecule has 1 amide bonds. The number of hydrogen-bond donors (Lipinski definition) is 1. The second-order valence-corrected chi connectivity index (χ2v) is 8.52. The van der Waals surface area contributed by atoms with Crippen LogP contribution in [0.1, 0.15) is 0 Å². The van der Waals surface area contributed by atoms with Gasteiger partial charge in [-0.1, -0.05) is 17.7 Å². The van der Waals surface area contributed by atoms with E-state index in [1.807, 2.05) is 0 Å². The van der Waals surface area contributed by atoms with Gasteiger partial charge in [0.1, 0.15) is 16.4 Å². The summed E-state index contributed by atoms with van der Waals surface area (Å²) in [6.07, 6.45) is 0. The molecule has 0 unspecified atom stereocenters. The van der Waals surface area contributed by atoms with Gasteiger partial charge in [-0.3, -0.25) is 4.79 Å². The van der Waals surface area contributed by atoms with Gasteiger partial charge in [-0.05, 0) is 30.3 Å². The van der Waals surface area contributed by atoms with Crippen molar-refractivity contribution in [2.75, 3.05) is 45.3 Å². The van der Waals surface area contributed by atoms with E-state index >= 15 is 0 Å². The smallest absolute Gasteiger partial charge is 0.262 e. The highest BCUT2D eigenvalue weighted by Crippen LogP contribution is 2.30. The minimum atomic E-state index is -3.84. The molecule has 156 valence electrons. The SMILES string of the molecule is COc1cccc(NC(=O)COc2ccc(Cl)cc2S(=O)(=O)N2CCOCC2)c1. The third kappa shape index (κ3) is 5.39. The highest BCUT2D eigenvalue weighted by Gasteiger charge is 2.29. The first-order valence-electron chi connectivity index (χ1n) is 8.84. The van der Waals surface area contributed by atoms with Crippen LogP contribution in [0.4, 0.5) is 5.69 Å². The number of hydrogen-bond acceptors (Lipinski definition) is 6. The Morgan fingerprint density at radius 3 is 2.69 bits per heavy atom. The Balaban J connectivity index is 1.73. The van der Waals surface area contributed by atoms with Crippen LogP contribution in [0.15, 0.2) is 47.4 Å². The van der Waals surface area contributed by atoms with Gasteiger partial charge in [0.2, 0.25) is 10.0 Å². The first-order chi connectivity index (χ1) is 13.9. The van der Waals surface area contributed by atoms with Crippen LogP contribution in [0.5, 0.6) is 11.5 Å². The number of methoxy groups -OCH3 is 1. The summed E-state index contributed by atoms with van der Waals surface area (Å²) in [6, 6.07) is 11.1. The molecule has 1 aliphatic rings. The second-order valence-electron chi connectivity index (χ2n) is 6.18. The molecule has 29 heavy (non-hydrogen) atoms. The number of sulfonamides is 1. The van der Waals surface area contributed by atoms with Gasteiger partial charge >= 0.3 is 0 Å². The summed E-state index contributed by atoms with van der Waals surface area (Å²) < 4.78 is 43.1. The molecule has 10 heteroatoms. The normalized spacial score (nSPS) is 15.0. The van der Waals surface area contributed by atoms with E-state index in [1.54, 1.807) is 24.3 Å². The number of morpholine rings is 1. The Kier molecular flexibility index (Phi) is 6.96. The molecule has 1 saturated heterocycles. The molecule has 1 aliphatic heterocycles. The second kappa shape index (κ2) is 9.45.